The molecule has 0 radical (unpaired) electrons. The summed E-state index contributed by atoms with van der Waals surface area (Å²) in [7, 11) is 0. The monoisotopic (exact) mass is 341 g/mol. The van der Waals surface area contributed by atoms with E-state index in [1.807, 2.05) is 43.3 Å². The van der Waals surface area contributed by atoms with Gasteiger partial charge in [-0.25, -0.2) is 4.98 Å². The van der Waals surface area contributed by atoms with Crippen LogP contribution in [-0.2, 0) is 13.1 Å². The van der Waals surface area contributed by atoms with Crippen molar-refractivity contribution in [3.63, 3.8) is 0 Å². The highest BCUT2D eigenvalue weighted by Gasteiger charge is 2.12. The fraction of sp³-hybridized carbons (Fsp3) is 0.316. The Morgan fingerprint density at radius 1 is 1.16 bits per heavy atom. The number of imidazole rings is 1. The summed E-state index contributed by atoms with van der Waals surface area (Å²) < 4.78 is 11.4. The molecule has 0 fully saturated rings. The fourth-order valence-corrected chi connectivity index (χ4v) is 2.67. The molecule has 2 heterocycles. The van der Waals surface area contributed by atoms with Gasteiger partial charge < -0.3 is 19.2 Å². The molecule has 0 unspecified atom stereocenters. The SMILES string of the molecule is CCOc1ccc(-c2ccc(CN(CCO)Cc3ncc[nH]3)o2)cc1. The summed E-state index contributed by atoms with van der Waals surface area (Å²) in [6.45, 7) is 4.51. The quantitative estimate of drug-likeness (QED) is 0.626. The van der Waals surface area contributed by atoms with Crippen LogP contribution in [0.2, 0.25) is 0 Å². The van der Waals surface area contributed by atoms with Gasteiger partial charge in [0.1, 0.15) is 23.1 Å². The topological polar surface area (TPSA) is 74.5 Å². The third-order valence-corrected chi connectivity index (χ3v) is 3.84. The zero-order valence-corrected chi connectivity index (χ0v) is 14.3. The normalized spacial score (nSPS) is 11.2. The highest BCUT2D eigenvalue weighted by Crippen LogP contribution is 2.25. The number of aliphatic hydroxyl groups is 1. The van der Waals surface area contributed by atoms with Crippen LogP contribution in [0, 0.1) is 0 Å². The maximum Gasteiger partial charge on any atom is 0.134 e. The van der Waals surface area contributed by atoms with Gasteiger partial charge in [-0.05, 0) is 43.3 Å². The average Bonchev–Trinajstić information content (AvgIpc) is 3.28. The van der Waals surface area contributed by atoms with Crippen molar-refractivity contribution < 1.29 is 14.3 Å². The molecule has 0 aliphatic heterocycles. The van der Waals surface area contributed by atoms with E-state index in [-0.39, 0.29) is 6.61 Å². The van der Waals surface area contributed by atoms with E-state index in [4.69, 9.17) is 9.15 Å². The molecule has 3 rings (SSSR count). The van der Waals surface area contributed by atoms with E-state index < -0.39 is 0 Å². The Morgan fingerprint density at radius 3 is 2.68 bits per heavy atom. The minimum atomic E-state index is 0.0904. The van der Waals surface area contributed by atoms with Crippen LogP contribution in [0.1, 0.15) is 18.5 Å². The van der Waals surface area contributed by atoms with Gasteiger partial charge in [-0.15, -0.1) is 0 Å². The first-order chi connectivity index (χ1) is 12.3. The number of nitrogens with one attached hydrogen (secondary N) is 1. The van der Waals surface area contributed by atoms with Crippen LogP contribution in [0.15, 0.2) is 53.2 Å². The van der Waals surface area contributed by atoms with Crippen LogP contribution in [0.3, 0.4) is 0 Å². The number of aromatic amines is 1. The largest absolute Gasteiger partial charge is 0.494 e. The highest BCUT2D eigenvalue weighted by molar-refractivity contribution is 5.58. The van der Waals surface area contributed by atoms with Crippen LogP contribution >= 0.6 is 0 Å². The van der Waals surface area contributed by atoms with E-state index in [0.29, 0.717) is 26.2 Å². The molecule has 0 saturated carbocycles. The highest BCUT2D eigenvalue weighted by atomic mass is 16.5. The molecule has 25 heavy (non-hydrogen) atoms. The molecule has 0 saturated heterocycles. The van der Waals surface area contributed by atoms with Crippen molar-refractivity contribution in [3.8, 4) is 17.1 Å². The minimum Gasteiger partial charge on any atom is -0.494 e. The molecule has 0 aliphatic rings. The van der Waals surface area contributed by atoms with E-state index in [2.05, 4.69) is 14.9 Å². The maximum absolute atomic E-state index is 9.28. The Balaban J connectivity index is 1.66. The predicted molar refractivity (Wildman–Crippen MR) is 95.1 cm³/mol. The molecule has 0 bridgehead atoms. The first-order valence-electron chi connectivity index (χ1n) is 8.42. The van der Waals surface area contributed by atoms with Crippen LogP contribution in [0.25, 0.3) is 11.3 Å². The number of hydrogen-bond acceptors (Lipinski definition) is 5. The van der Waals surface area contributed by atoms with Gasteiger partial charge in [0, 0.05) is 24.5 Å². The first kappa shape index (κ1) is 17.3. The number of hydrogen-bond donors (Lipinski definition) is 2. The van der Waals surface area contributed by atoms with Gasteiger partial charge in [-0.3, -0.25) is 4.90 Å². The molecule has 2 aromatic heterocycles. The zero-order valence-electron chi connectivity index (χ0n) is 14.3. The third-order valence-electron chi connectivity index (χ3n) is 3.84. The lowest BCUT2D eigenvalue weighted by Crippen LogP contribution is -2.26. The summed E-state index contributed by atoms with van der Waals surface area (Å²) in [6, 6.07) is 11.8. The number of aliphatic hydroxyl groups excluding tert-OH is 1. The Hall–Kier alpha value is -2.57. The smallest absolute Gasteiger partial charge is 0.134 e. The predicted octanol–water partition coefficient (Wildman–Crippen LogP) is 3.06. The maximum atomic E-state index is 9.28. The number of aromatic nitrogens is 2. The lowest BCUT2D eigenvalue weighted by molar-refractivity contribution is 0.172. The van der Waals surface area contributed by atoms with Crippen molar-refractivity contribution in [1.82, 2.24) is 14.9 Å². The molecule has 132 valence electrons. The standard InChI is InChI=1S/C19H23N3O3/c1-2-24-16-5-3-15(4-6-16)18-8-7-17(25-18)13-22(11-12-23)14-19-20-9-10-21-19/h3-10,23H,2,11-14H2,1H3,(H,20,21). The second-order valence-corrected chi connectivity index (χ2v) is 5.69. The Morgan fingerprint density at radius 2 is 2.00 bits per heavy atom. The second-order valence-electron chi connectivity index (χ2n) is 5.69. The van der Waals surface area contributed by atoms with E-state index in [1.54, 1.807) is 12.4 Å². The van der Waals surface area contributed by atoms with Gasteiger partial charge in [0.2, 0.25) is 0 Å². The first-order valence-corrected chi connectivity index (χ1v) is 8.42. The number of ether oxygens (including phenoxy) is 1. The molecular formula is C19H23N3O3. The van der Waals surface area contributed by atoms with Crippen LogP contribution in [0.5, 0.6) is 5.75 Å². The molecule has 3 aromatic rings. The number of benzene rings is 1. The molecule has 0 aliphatic carbocycles. The minimum absolute atomic E-state index is 0.0904. The molecular weight excluding hydrogens is 318 g/mol. The summed E-state index contributed by atoms with van der Waals surface area (Å²) >= 11 is 0. The van der Waals surface area contributed by atoms with Gasteiger partial charge >= 0.3 is 0 Å². The van der Waals surface area contributed by atoms with Gasteiger partial charge in [0.15, 0.2) is 0 Å². The summed E-state index contributed by atoms with van der Waals surface area (Å²) in [5, 5.41) is 9.28. The van der Waals surface area contributed by atoms with E-state index in [0.717, 1.165) is 28.7 Å². The Bertz CT molecular complexity index is 751. The van der Waals surface area contributed by atoms with Crippen LogP contribution in [0.4, 0.5) is 0 Å². The number of furan rings is 1. The van der Waals surface area contributed by atoms with Gasteiger partial charge in [-0.2, -0.15) is 0 Å². The number of rotatable bonds is 9. The zero-order chi connectivity index (χ0) is 17.5. The van der Waals surface area contributed by atoms with E-state index >= 15 is 0 Å². The second kappa shape index (κ2) is 8.50. The molecule has 0 amide bonds. The number of H-pyrrole nitrogens is 1. The van der Waals surface area contributed by atoms with Gasteiger partial charge in [0.25, 0.3) is 0 Å². The van der Waals surface area contributed by atoms with Crippen molar-refractivity contribution in [2.24, 2.45) is 0 Å². The molecule has 6 heteroatoms. The molecule has 1 aromatic carbocycles. The van der Waals surface area contributed by atoms with Crippen LogP contribution in [-0.4, -0.2) is 39.7 Å². The molecule has 6 nitrogen and oxygen atoms in total. The summed E-state index contributed by atoms with van der Waals surface area (Å²) in [5.41, 5.74) is 1.01. The molecule has 0 atom stereocenters. The Kier molecular flexibility index (Phi) is 5.87. The van der Waals surface area contributed by atoms with Gasteiger partial charge in [0.05, 0.1) is 26.3 Å². The lowest BCUT2D eigenvalue weighted by atomic mass is 10.2. The van der Waals surface area contributed by atoms with Crippen molar-refractivity contribution in [1.29, 1.82) is 0 Å². The summed E-state index contributed by atoms with van der Waals surface area (Å²) in [4.78, 5) is 9.40. The lowest BCUT2D eigenvalue weighted by Gasteiger charge is -2.18. The average molecular weight is 341 g/mol. The summed E-state index contributed by atoms with van der Waals surface area (Å²) in [6.07, 6.45) is 3.52. The Labute approximate surface area is 147 Å². The molecule has 0 spiro atoms. The van der Waals surface area contributed by atoms with Crippen LogP contribution < -0.4 is 4.74 Å². The fourth-order valence-electron chi connectivity index (χ4n) is 2.67. The van der Waals surface area contributed by atoms with Crippen molar-refractivity contribution in [2.75, 3.05) is 19.8 Å². The van der Waals surface area contributed by atoms with Crippen molar-refractivity contribution in [2.45, 2.75) is 20.0 Å². The van der Waals surface area contributed by atoms with E-state index in [9.17, 15) is 5.11 Å². The van der Waals surface area contributed by atoms with Crippen molar-refractivity contribution >= 4 is 0 Å². The summed E-state index contributed by atoms with van der Waals surface area (Å²) in [5.74, 6) is 3.39. The molecule has 2 N–H and O–H groups in total. The van der Waals surface area contributed by atoms with E-state index in [1.165, 1.54) is 0 Å². The van der Waals surface area contributed by atoms with Crippen molar-refractivity contribution in [3.05, 3.63) is 60.4 Å². The van der Waals surface area contributed by atoms with Gasteiger partial charge in [-0.1, -0.05) is 0 Å². The third kappa shape index (κ3) is 4.71. The number of nitrogens with zero attached hydrogens (tertiary/aromatic N) is 2.